The third kappa shape index (κ3) is 3.53. The molecular formula is C16H25N5O3. The highest BCUT2D eigenvalue weighted by Crippen LogP contribution is 2.27. The summed E-state index contributed by atoms with van der Waals surface area (Å²) in [4.78, 5) is 13.1. The Balaban J connectivity index is 1.86. The van der Waals surface area contributed by atoms with Crippen molar-refractivity contribution in [1.82, 2.24) is 19.5 Å². The number of ether oxygens (including phenoxy) is 3. The molecule has 1 fully saturated rings. The molecule has 0 amide bonds. The summed E-state index contributed by atoms with van der Waals surface area (Å²) in [7, 11) is 1.60. The van der Waals surface area contributed by atoms with Crippen LogP contribution in [0.15, 0.2) is 0 Å². The van der Waals surface area contributed by atoms with E-state index in [1.807, 2.05) is 4.57 Å². The van der Waals surface area contributed by atoms with Gasteiger partial charge in [-0.15, -0.1) is 0 Å². The number of anilines is 1. The summed E-state index contributed by atoms with van der Waals surface area (Å²) in [6.45, 7) is 5.09. The van der Waals surface area contributed by atoms with E-state index in [1.54, 1.807) is 7.11 Å². The number of hydrogen-bond acceptors (Lipinski definition) is 7. The Kier molecular flexibility index (Phi) is 5.34. The van der Waals surface area contributed by atoms with E-state index in [0.29, 0.717) is 41.5 Å². The zero-order chi connectivity index (χ0) is 16.9. The standard InChI is InChI=1S/C16H25N5O3/c1-3-4-8-24-15-19-13(17)12-14(20-15)21(16(18-12)22-2)7-5-11-6-9-23-10-11/h11H,3-10H2,1-2H3,(H2,17,19,20)/t11-/m1/s1. The molecule has 2 aromatic rings. The molecule has 1 saturated heterocycles. The normalized spacial score (nSPS) is 17.5. The summed E-state index contributed by atoms with van der Waals surface area (Å²) in [6.07, 6.45) is 4.08. The molecule has 1 aliphatic heterocycles. The van der Waals surface area contributed by atoms with Gasteiger partial charge in [0.25, 0.3) is 6.01 Å². The molecule has 0 aliphatic carbocycles. The summed E-state index contributed by atoms with van der Waals surface area (Å²) in [5.41, 5.74) is 7.24. The molecule has 0 bridgehead atoms. The average Bonchev–Trinajstić information content (AvgIpc) is 3.20. The third-order valence-electron chi connectivity index (χ3n) is 4.26. The van der Waals surface area contributed by atoms with Gasteiger partial charge < -0.3 is 19.9 Å². The van der Waals surface area contributed by atoms with Gasteiger partial charge in [-0.2, -0.15) is 15.0 Å². The number of nitrogens with two attached hydrogens (primary N) is 1. The van der Waals surface area contributed by atoms with Crippen LogP contribution in [-0.4, -0.2) is 46.4 Å². The summed E-state index contributed by atoms with van der Waals surface area (Å²) < 4.78 is 18.4. The predicted octanol–water partition coefficient (Wildman–Crippen LogP) is 2.02. The number of hydrogen-bond donors (Lipinski definition) is 1. The Labute approximate surface area is 141 Å². The number of imidazole rings is 1. The molecule has 0 saturated carbocycles. The second kappa shape index (κ2) is 7.65. The smallest absolute Gasteiger partial charge is 0.320 e. The van der Waals surface area contributed by atoms with Crippen molar-refractivity contribution in [3.8, 4) is 12.0 Å². The van der Waals surface area contributed by atoms with Gasteiger partial charge in [0.15, 0.2) is 17.0 Å². The van der Waals surface area contributed by atoms with E-state index in [2.05, 4.69) is 21.9 Å². The molecule has 2 N–H and O–H groups in total. The Hall–Kier alpha value is -2.09. The van der Waals surface area contributed by atoms with Crippen molar-refractivity contribution in [3.63, 3.8) is 0 Å². The van der Waals surface area contributed by atoms with Gasteiger partial charge in [0.05, 0.1) is 13.7 Å². The van der Waals surface area contributed by atoms with Crippen LogP contribution in [0, 0.1) is 5.92 Å². The van der Waals surface area contributed by atoms with E-state index in [1.165, 1.54) is 0 Å². The molecule has 0 spiro atoms. The topological polar surface area (TPSA) is 97.3 Å². The lowest BCUT2D eigenvalue weighted by Gasteiger charge is -2.11. The van der Waals surface area contributed by atoms with E-state index >= 15 is 0 Å². The van der Waals surface area contributed by atoms with Gasteiger partial charge in [-0.05, 0) is 25.2 Å². The molecule has 3 heterocycles. The fourth-order valence-corrected chi connectivity index (χ4v) is 2.83. The first-order valence-electron chi connectivity index (χ1n) is 8.51. The van der Waals surface area contributed by atoms with E-state index in [9.17, 15) is 0 Å². The Morgan fingerprint density at radius 1 is 1.33 bits per heavy atom. The van der Waals surface area contributed by atoms with E-state index in [0.717, 1.165) is 45.4 Å². The van der Waals surface area contributed by atoms with Gasteiger partial charge >= 0.3 is 6.01 Å². The van der Waals surface area contributed by atoms with Crippen LogP contribution in [0.1, 0.15) is 32.6 Å². The third-order valence-corrected chi connectivity index (χ3v) is 4.26. The van der Waals surface area contributed by atoms with Crippen molar-refractivity contribution in [1.29, 1.82) is 0 Å². The second-order valence-corrected chi connectivity index (χ2v) is 6.03. The Morgan fingerprint density at radius 2 is 2.21 bits per heavy atom. The fourth-order valence-electron chi connectivity index (χ4n) is 2.83. The number of nitrogens with zero attached hydrogens (tertiary/aromatic N) is 4. The van der Waals surface area contributed by atoms with Crippen LogP contribution in [0.4, 0.5) is 5.82 Å². The molecule has 132 valence electrons. The molecule has 1 aliphatic rings. The van der Waals surface area contributed by atoms with Crippen molar-refractivity contribution in [2.24, 2.45) is 5.92 Å². The van der Waals surface area contributed by atoms with E-state index in [4.69, 9.17) is 19.9 Å². The van der Waals surface area contributed by atoms with Gasteiger partial charge in [-0.3, -0.25) is 4.57 Å². The Bertz CT molecular complexity index is 682. The van der Waals surface area contributed by atoms with Crippen LogP contribution in [-0.2, 0) is 11.3 Å². The number of aromatic nitrogens is 4. The lowest BCUT2D eigenvalue weighted by molar-refractivity contribution is 0.183. The average molecular weight is 335 g/mol. The largest absolute Gasteiger partial charge is 0.468 e. The number of nitrogen functional groups attached to an aromatic ring is 1. The van der Waals surface area contributed by atoms with Gasteiger partial charge in [-0.1, -0.05) is 13.3 Å². The number of methoxy groups -OCH3 is 1. The first kappa shape index (κ1) is 16.8. The molecule has 8 nitrogen and oxygen atoms in total. The van der Waals surface area contributed by atoms with Crippen LogP contribution in [0.3, 0.4) is 0 Å². The van der Waals surface area contributed by atoms with Crippen LogP contribution in [0.2, 0.25) is 0 Å². The second-order valence-electron chi connectivity index (χ2n) is 6.03. The van der Waals surface area contributed by atoms with Crippen molar-refractivity contribution >= 4 is 17.0 Å². The first-order valence-corrected chi connectivity index (χ1v) is 8.51. The summed E-state index contributed by atoms with van der Waals surface area (Å²) in [6, 6.07) is 0.789. The van der Waals surface area contributed by atoms with Crippen LogP contribution in [0.5, 0.6) is 12.0 Å². The molecule has 2 aromatic heterocycles. The van der Waals surface area contributed by atoms with Gasteiger partial charge in [0.2, 0.25) is 0 Å². The lowest BCUT2D eigenvalue weighted by Crippen LogP contribution is -2.09. The SMILES string of the molecule is CCCCOc1nc(N)c2nc(OC)n(CC[C@@H]3CCOC3)c2n1. The molecule has 0 radical (unpaired) electrons. The van der Waals surface area contributed by atoms with E-state index < -0.39 is 0 Å². The van der Waals surface area contributed by atoms with Crippen molar-refractivity contribution in [2.75, 3.05) is 32.7 Å². The summed E-state index contributed by atoms with van der Waals surface area (Å²) in [5.74, 6) is 0.874. The Morgan fingerprint density at radius 3 is 2.92 bits per heavy atom. The van der Waals surface area contributed by atoms with Crippen molar-refractivity contribution in [2.45, 2.75) is 39.2 Å². The highest BCUT2D eigenvalue weighted by Gasteiger charge is 2.20. The molecule has 0 unspecified atom stereocenters. The maximum Gasteiger partial charge on any atom is 0.320 e. The minimum Gasteiger partial charge on any atom is -0.468 e. The zero-order valence-electron chi connectivity index (χ0n) is 14.3. The van der Waals surface area contributed by atoms with E-state index in [-0.39, 0.29) is 0 Å². The summed E-state index contributed by atoms with van der Waals surface area (Å²) in [5, 5.41) is 0. The predicted molar refractivity (Wildman–Crippen MR) is 90.2 cm³/mol. The van der Waals surface area contributed by atoms with Gasteiger partial charge in [0, 0.05) is 19.8 Å². The minimum absolute atomic E-state index is 0.293. The number of fused-ring (bicyclic) bond motifs is 1. The minimum atomic E-state index is 0.293. The van der Waals surface area contributed by atoms with Gasteiger partial charge in [0.1, 0.15) is 0 Å². The molecule has 3 rings (SSSR count). The molecule has 24 heavy (non-hydrogen) atoms. The monoisotopic (exact) mass is 335 g/mol. The highest BCUT2D eigenvalue weighted by molar-refractivity contribution is 5.83. The molecular weight excluding hydrogens is 310 g/mol. The number of unbranched alkanes of at least 4 members (excludes halogenated alkanes) is 1. The molecule has 1 atom stereocenters. The fraction of sp³-hybridized carbons (Fsp3) is 0.688. The lowest BCUT2D eigenvalue weighted by atomic mass is 10.1. The summed E-state index contributed by atoms with van der Waals surface area (Å²) >= 11 is 0. The maximum atomic E-state index is 6.03. The van der Waals surface area contributed by atoms with Crippen LogP contribution >= 0.6 is 0 Å². The van der Waals surface area contributed by atoms with Crippen LogP contribution in [0.25, 0.3) is 11.2 Å². The number of rotatable bonds is 8. The number of aryl methyl sites for hydroxylation is 1. The first-order chi connectivity index (χ1) is 11.7. The van der Waals surface area contributed by atoms with Crippen molar-refractivity contribution in [3.05, 3.63) is 0 Å². The maximum absolute atomic E-state index is 6.03. The molecule has 0 aromatic carbocycles. The molecule has 8 heteroatoms. The van der Waals surface area contributed by atoms with Crippen molar-refractivity contribution < 1.29 is 14.2 Å². The quantitative estimate of drug-likeness (QED) is 0.737. The highest BCUT2D eigenvalue weighted by atomic mass is 16.5. The zero-order valence-corrected chi connectivity index (χ0v) is 14.3. The van der Waals surface area contributed by atoms with Crippen LogP contribution < -0.4 is 15.2 Å². The van der Waals surface area contributed by atoms with Gasteiger partial charge in [-0.25, -0.2) is 0 Å².